The van der Waals surface area contributed by atoms with E-state index in [1.54, 1.807) is 10.7 Å². The van der Waals surface area contributed by atoms with Gasteiger partial charge in [-0.25, -0.2) is 27.8 Å². The second-order valence-electron chi connectivity index (χ2n) is 13.4. The number of fused-ring (bicyclic) bond motifs is 4. The molecule has 0 spiro atoms. The van der Waals surface area contributed by atoms with Gasteiger partial charge in [0, 0.05) is 46.0 Å². The summed E-state index contributed by atoms with van der Waals surface area (Å²) in [5.74, 6) is -0.531. The first-order valence-electron chi connectivity index (χ1n) is 17.1. The monoisotopic (exact) mass is 688 g/mol. The van der Waals surface area contributed by atoms with Crippen LogP contribution in [-0.2, 0) is 0 Å². The van der Waals surface area contributed by atoms with Gasteiger partial charge in [-0.1, -0.05) is 36.4 Å². The third-order valence-electron chi connectivity index (χ3n) is 9.93. The minimum atomic E-state index is -0.825. The second-order valence-corrected chi connectivity index (χ2v) is 13.4. The van der Waals surface area contributed by atoms with Gasteiger partial charge in [0.25, 0.3) is 0 Å². The molecule has 2 aliphatic heterocycles. The van der Waals surface area contributed by atoms with Crippen LogP contribution < -0.4 is 15.4 Å². The third-order valence-corrected chi connectivity index (χ3v) is 9.93. The number of aromatic nitrogens is 6. The zero-order chi connectivity index (χ0) is 35.1. The molecule has 8 aromatic rings. The molecule has 6 heterocycles. The van der Waals surface area contributed by atoms with Crippen LogP contribution in [0.25, 0.3) is 44.7 Å². The van der Waals surface area contributed by atoms with E-state index in [-0.39, 0.29) is 17.7 Å². The van der Waals surface area contributed by atoms with Gasteiger partial charge >= 0.3 is 0 Å². The lowest BCUT2D eigenvalue weighted by molar-refractivity contribution is 0.242. The molecular weight excluding hydrogens is 659 g/mol. The van der Waals surface area contributed by atoms with E-state index in [1.807, 2.05) is 91.3 Å². The summed E-state index contributed by atoms with van der Waals surface area (Å²) < 4.78 is 42.3. The largest absolute Gasteiger partial charge is 0.491 e. The lowest BCUT2D eigenvalue weighted by atomic mass is 9.94. The van der Waals surface area contributed by atoms with Gasteiger partial charge in [-0.15, -0.1) is 0 Å². The Morgan fingerprint density at radius 3 is 1.96 bits per heavy atom. The number of hydrogen-bond acceptors (Lipinski definition) is 7. The molecule has 9 nitrogen and oxygen atoms in total. The van der Waals surface area contributed by atoms with Crippen LogP contribution in [0.2, 0.25) is 0 Å². The van der Waals surface area contributed by atoms with E-state index >= 15 is 8.78 Å². The first-order chi connectivity index (χ1) is 25.4. The number of ether oxygens (including phenoxy) is 1. The second kappa shape index (κ2) is 11.5. The number of anilines is 2. The van der Waals surface area contributed by atoms with Gasteiger partial charge in [-0.2, -0.15) is 10.2 Å². The Balaban J connectivity index is 1.07. The molecule has 2 aliphatic rings. The van der Waals surface area contributed by atoms with Crippen LogP contribution >= 0.6 is 0 Å². The SMILES string of the molecule is CC(C)Oc1ccc(C2Nc3ccc(-c4cc(F)c(C5Nc6ccccc6-c6ncnn7ccc5c67)c(F)c4)cc3-c3ncnn4ccc2c34)cc1. The van der Waals surface area contributed by atoms with Gasteiger partial charge in [0.2, 0.25) is 0 Å². The Morgan fingerprint density at radius 1 is 0.654 bits per heavy atom. The van der Waals surface area contributed by atoms with Crippen LogP contribution in [0.5, 0.6) is 5.75 Å². The number of rotatable bonds is 5. The summed E-state index contributed by atoms with van der Waals surface area (Å²) >= 11 is 0. The van der Waals surface area contributed by atoms with Gasteiger partial charge in [-0.3, -0.25) is 0 Å². The first kappa shape index (κ1) is 30.2. The molecule has 11 heteroatoms. The van der Waals surface area contributed by atoms with Crippen molar-refractivity contribution in [1.29, 1.82) is 0 Å². The molecule has 0 fully saturated rings. The standard InChI is InChI=1S/C41H30F2N8O/c1-22(2)52-26-10-7-23(8-11-26)36-28-13-15-50-40(28)39(45-21-47-50)30-17-24(9-12-34(30)48-36)25-18-31(42)35(32(43)19-25)37-29-14-16-51-41(29)38(44-20-46-51)27-5-3-4-6-33(27)49-37/h3-22,36-37,48-49H,1-2H3. The lowest BCUT2D eigenvalue weighted by Crippen LogP contribution is -2.15. The molecule has 2 unspecified atom stereocenters. The number of nitrogens with zero attached hydrogens (tertiary/aromatic N) is 6. The van der Waals surface area contributed by atoms with Gasteiger partial charge < -0.3 is 15.4 Å². The van der Waals surface area contributed by atoms with Gasteiger partial charge in [-0.05, 0) is 85.1 Å². The quantitative estimate of drug-likeness (QED) is 0.187. The van der Waals surface area contributed by atoms with Crippen LogP contribution in [0.1, 0.15) is 48.2 Å². The molecule has 0 aliphatic carbocycles. The Kier molecular flexibility index (Phi) is 6.66. The highest BCUT2D eigenvalue weighted by atomic mass is 19.1. The van der Waals surface area contributed by atoms with Crippen molar-refractivity contribution in [2.75, 3.05) is 10.6 Å². The minimum absolute atomic E-state index is 0.0698. The topological polar surface area (TPSA) is 93.7 Å². The predicted molar refractivity (Wildman–Crippen MR) is 195 cm³/mol. The van der Waals surface area contributed by atoms with Crippen molar-refractivity contribution < 1.29 is 13.5 Å². The maximum Gasteiger partial charge on any atom is 0.137 e. The summed E-state index contributed by atoms with van der Waals surface area (Å²) in [5, 5.41) is 16.0. The molecule has 0 saturated heterocycles. The Bertz CT molecular complexity index is 2680. The summed E-state index contributed by atoms with van der Waals surface area (Å²) in [7, 11) is 0. The smallest absolute Gasteiger partial charge is 0.137 e. The summed E-state index contributed by atoms with van der Waals surface area (Å²) in [6, 6.07) is 27.1. The van der Waals surface area contributed by atoms with Crippen LogP contribution in [0.4, 0.5) is 20.2 Å². The molecule has 52 heavy (non-hydrogen) atoms. The summed E-state index contributed by atoms with van der Waals surface area (Å²) in [4.78, 5) is 9.29. The van der Waals surface area contributed by atoms with Crippen LogP contribution in [0, 0.1) is 11.6 Å². The zero-order valence-corrected chi connectivity index (χ0v) is 28.0. The van der Waals surface area contributed by atoms with Crippen molar-refractivity contribution >= 4 is 22.4 Å². The normalized spacial score (nSPS) is 15.8. The van der Waals surface area contributed by atoms with Gasteiger partial charge in [0.1, 0.15) is 41.4 Å². The van der Waals surface area contributed by atoms with E-state index in [0.717, 1.165) is 50.6 Å². The maximum atomic E-state index is 16.5. The number of benzene rings is 4. The summed E-state index contributed by atoms with van der Waals surface area (Å²) in [6.07, 6.45) is 6.78. The van der Waals surface area contributed by atoms with Gasteiger partial charge in [0.05, 0.1) is 34.8 Å². The highest BCUT2D eigenvalue weighted by Crippen LogP contribution is 2.45. The third kappa shape index (κ3) is 4.65. The molecule has 0 amide bonds. The van der Waals surface area contributed by atoms with E-state index in [4.69, 9.17) is 9.72 Å². The van der Waals surface area contributed by atoms with E-state index in [0.29, 0.717) is 27.9 Å². The molecule has 0 saturated carbocycles. The van der Waals surface area contributed by atoms with Crippen LogP contribution in [-0.4, -0.2) is 35.3 Å². The number of nitrogens with one attached hydrogen (secondary N) is 2. The Hall–Kier alpha value is -6.62. The fourth-order valence-electron chi connectivity index (χ4n) is 7.67. The van der Waals surface area contributed by atoms with E-state index < -0.39 is 17.7 Å². The molecule has 10 rings (SSSR count). The van der Waals surface area contributed by atoms with Crippen molar-refractivity contribution in [3.8, 4) is 39.4 Å². The highest BCUT2D eigenvalue weighted by molar-refractivity contribution is 5.93. The Morgan fingerprint density at radius 2 is 1.27 bits per heavy atom. The summed E-state index contributed by atoms with van der Waals surface area (Å²) in [5.41, 5.74) is 9.87. The zero-order valence-electron chi connectivity index (χ0n) is 28.0. The number of para-hydroxylation sites is 1. The van der Waals surface area contributed by atoms with E-state index in [9.17, 15) is 0 Å². The molecule has 254 valence electrons. The van der Waals surface area contributed by atoms with Gasteiger partial charge in [0.15, 0.2) is 0 Å². The molecule has 4 aromatic carbocycles. The van der Waals surface area contributed by atoms with E-state index in [1.165, 1.54) is 24.8 Å². The average molecular weight is 689 g/mol. The molecule has 4 aromatic heterocycles. The van der Waals surface area contributed by atoms with Crippen molar-refractivity contribution in [3.63, 3.8) is 0 Å². The number of halogens is 2. The lowest BCUT2D eigenvalue weighted by Gasteiger charge is -2.22. The predicted octanol–water partition coefficient (Wildman–Crippen LogP) is 8.87. The molecule has 2 N–H and O–H groups in total. The summed E-state index contributed by atoms with van der Waals surface area (Å²) in [6.45, 7) is 4.00. The highest BCUT2D eigenvalue weighted by Gasteiger charge is 2.32. The first-order valence-corrected chi connectivity index (χ1v) is 17.1. The van der Waals surface area contributed by atoms with Crippen LogP contribution in [0.15, 0.2) is 116 Å². The average Bonchev–Trinajstić information content (AvgIpc) is 3.71. The molecule has 0 radical (unpaired) electrons. The fraction of sp³-hybridized carbons (Fsp3) is 0.122. The maximum absolute atomic E-state index is 16.5. The van der Waals surface area contributed by atoms with Crippen LogP contribution in [0.3, 0.4) is 0 Å². The van der Waals surface area contributed by atoms with Crippen molar-refractivity contribution in [2.24, 2.45) is 0 Å². The van der Waals surface area contributed by atoms with E-state index in [2.05, 4.69) is 37.9 Å². The van der Waals surface area contributed by atoms with Crippen molar-refractivity contribution in [1.82, 2.24) is 29.2 Å². The van der Waals surface area contributed by atoms with Crippen molar-refractivity contribution in [3.05, 3.63) is 150 Å². The minimum Gasteiger partial charge on any atom is -0.491 e. The van der Waals surface area contributed by atoms with Crippen molar-refractivity contribution in [2.45, 2.75) is 32.0 Å². The fourth-order valence-corrected chi connectivity index (χ4v) is 7.67. The molecule has 2 atom stereocenters. The number of hydrogen-bond donors (Lipinski definition) is 2. The Labute approximate surface area is 296 Å². The molecule has 0 bridgehead atoms. The molecular formula is C41H30F2N8O.